The molecule has 0 aromatic carbocycles. The molecule has 0 saturated heterocycles. The Labute approximate surface area is 91.6 Å². The minimum absolute atomic E-state index is 0.923. The number of nitrogens with zero attached hydrogens (tertiary/aromatic N) is 1. The van der Waals surface area contributed by atoms with Crippen molar-refractivity contribution in [2.45, 2.75) is 20.0 Å². The van der Waals surface area contributed by atoms with E-state index < -0.39 is 0 Å². The van der Waals surface area contributed by atoms with E-state index in [9.17, 15) is 0 Å². The number of aryl methyl sites for hydroxylation is 1. The van der Waals surface area contributed by atoms with Gasteiger partial charge >= 0.3 is 0 Å². The van der Waals surface area contributed by atoms with Gasteiger partial charge in [-0.2, -0.15) is 11.3 Å². The smallest absolute Gasteiger partial charge is 0.0798 e. The lowest BCUT2D eigenvalue weighted by Gasteiger charge is -2.01. The molecule has 2 nitrogen and oxygen atoms in total. The third-order valence-corrected chi connectivity index (χ3v) is 3.71. The molecule has 0 radical (unpaired) electrons. The van der Waals surface area contributed by atoms with Gasteiger partial charge in [0, 0.05) is 18.0 Å². The zero-order valence-corrected chi connectivity index (χ0v) is 9.62. The summed E-state index contributed by atoms with van der Waals surface area (Å²) in [6.45, 7) is 3.92. The summed E-state index contributed by atoms with van der Waals surface area (Å²) in [7, 11) is 0. The average Bonchev–Trinajstić information content (AvgIpc) is 2.78. The van der Waals surface area contributed by atoms with Crippen molar-refractivity contribution in [3.63, 3.8) is 0 Å². The van der Waals surface area contributed by atoms with Gasteiger partial charge in [0.1, 0.15) is 0 Å². The molecule has 0 fully saturated rings. The Kier molecular flexibility index (Phi) is 3.29. The second-order valence-electron chi connectivity index (χ2n) is 3.10. The highest BCUT2D eigenvalue weighted by molar-refractivity contribution is 7.09. The summed E-state index contributed by atoms with van der Waals surface area (Å²) in [6, 6.07) is 2.15. The first-order valence-electron chi connectivity index (χ1n) is 4.47. The molecule has 2 heterocycles. The molecule has 0 aliphatic carbocycles. The quantitative estimate of drug-likeness (QED) is 0.864. The van der Waals surface area contributed by atoms with Gasteiger partial charge in [-0.05, 0) is 29.3 Å². The van der Waals surface area contributed by atoms with Crippen molar-refractivity contribution in [3.8, 4) is 0 Å². The van der Waals surface area contributed by atoms with Crippen LogP contribution in [0.2, 0.25) is 0 Å². The topological polar surface area (TPSA) is 24.9 Å². The molecule has 0 amide bonds. The van der Waals surface area contributed by atoms with Crippen molar-refractivity contribution in [1.82, 2.24) is 10.3 Å². The molecule has 0 spiro atoms. The van der Waals surface area contributed by atoms with Crippen LogP contribution in [0.1, 0.15) is 16.1 Å². The van der Waals surface area contributed by atoms with Crippen LogP contribution in [0.4, 0.5) is 0 Å². The highest BCUT2D eigenvalue weighted by Crippen LogP contribution is 2.12. The molecule has 0 aliphatic heterocycles. The second-order valence-corrected chi connectivity index (χ2v) is 4.82. The van der Waals surface area contributed by atoms with Crippen LogP contribution in [-0.4, -0.2) is 4.98 Å². The fourth-order valence-electron chi connectivity index (χ4n) is 1.21. The monoisotopic (exact) mass is 224 g/mol. The molecule has 0 aliphatic rings. The van der Waals surface area contributed by atoms with Crippen LogP contribution in [0.5, 0.6) is 0 Å². The van der Waals surface area contributed by atoms with Gasteiger partial charge in [0.15, 0.2) is 0 Å². The number of thiazole rings is 1. The largest absolute Gasteiger partial charge is 0.308 e. The highest BCUT2D eigenvalue weighted by atomic mass is 32.1. The highest BCUT2D eigenvalue weighted by Gasteiger charge is 2.00. The van der Waals surface area contributed by atoms with Crippen LogP contribution in [-0.2, 0) is 13.1 Å². The average molecular weight is 224 g/mol. The zero-order chi connectivity index (χ0) is 9.80. The summed E-state index contributed by atoms with van der Waals surface area (Å²) in [4.78, 5) is 5.55. The molecular formula is C10H12N2S2. The van der Waals surface area contributed by atoms with Crippen molar-refractivity contribution >= 4 is 22.7 Å². The van der Waals surface area contributed by atoms with Crippen LogP contribution in [0.3, 0.4) is 0 Å². The Morgan fingerprint density at radius 1 is 1.43 bits per heavy atom. The van der Waals surface area contributed by atoms with Crippen molar-refractivity contribution < 1.29 is 0 Å². The van der Waals surface area contributed by atoms with Crippen molar-refractivity contribution in [2.75, 3.05) is 0 Å². The SMILES string of the molecule is Cc1ncsc1CNCc1ccsc1. The van der Waals surface area contributed by atoms with E-state index in [-0.39, 0.29) is 0 Å². The number of hydrogen-bond donors (Lipinski definition) is 1. The fraction of sp³-hybridized carbons (Fsp3) is 0.300. The molecule has 1 N–H and O–H groups in total. The Hall–Kier alpha value is -0.710. The second kappa shape index (κ2) is 4.68. The third-order valence-electron chi connectivity index (χ3n) is 2.04. The van der Waals surface area contributed by atoms with Gasteiger partial charge in [-0.25, -0.2) is 4.98 Å². The predicted octanol–water partition coefficient (Wildman–Crippen LogP) is 2.80. The van der Waals surface area contributed by atoms with Crippen molar-refractivity contribution in [1.29, 1.82) is 0 Å². The summed E-state index contributed by atoms with van der Waals surface area (Å²) in [5.41, 5.74) is 4.40. The van der Waals surface area contributed by atoms with Crippen molar-refractivity contribution in [3.05, 3.63) is 38.5 Å². The van der Waals surface area contributed by atoms with Crippen LogP contribution < -0.4 is 5.32 Å². The lowest BCUT2D eigenvalue weighted by atomic mass is 10.3. The van der Waals surface area contributed by atoms with Crippen LogP contribution in [0.15, 0.2) is 22.3 Å². The van der Waals surface area contributed by atoms with Crippen LogP contribution in [0.25, 0.3) is 0 Å². The Morgan fingerprint density at radius 2 is 2.36 bits per heavy atom. The maximum atomic E-state index is 4.21. The fourth-order valence-corrected chi connectivity index (χ4v) is 2.62. The molecule has 0 bridgehead atoms. The molecule has 0 saturated carbocycles. The first-order chi connectivity index (χ1) is 6.86. The Morgan fingerprint density at radius 3 is 3.00 bits per heavy atom. The Bertz CT molecular complexity index is 378. The van der Waals surface area contributed by atoms with Gasteiger partial charge in [0.25, 0.3) is 0 Å². The molecular weight excluding hydrogens is 212 g/mol. The maximum absolute atomic E-state index is 4.21. The number of hydrogen-bond acceptors (Lipinski definition) is 4. The van der Waals surface area contributed by atoms with Gasteiger partial charge < -0.3 is 5.32 Å². The molecule has 0 unspecified atom stereocenters. The van der Waals surface area contributed by atoms with E-state index in [0.29, 0.717) is 0 Å². The van der Waals surface area contributed by atoms with Gasteiger partial charge in [0.05, 0.1) is 11.2 Å². The van der Waals surface area contributed by atoms with E-state index >= 15 is 0 Å². The van der Waals surface area contributed by atoms with E-state index in [1.165, 1.54) is 10.4 Å². The number of rotatable bonds is 4. The Balaban J connectivity index is 1.81. The summed E-state index contributed by atoms with van der Waals surface area (Å²) in [5.74, 6) is 0. The van der Waals surface area contributed by atoms with Gasteiger partial charge in [0.2, 0.25) is 0 Å². The summed E-state index contributed by atoms with van der Waals surface area (Å²) >= 11 is 3.46. The predicted molar refractivity (Wildman–Crippen MR) is 61.7 cm³/mol. The minimum Gasteiger partial charge on any atom is -0.308 e. The maximum Gasteiger partial charge on any atom is 0.0798 e. The molecule has 2 aromatic rings. The van der Waals surface area contributed by atoms with E-state index in [1.54, 1.807) is 22.7 Å². The summed E-state index contributed by atoms with van der Waals surface area (Å²) in [5, 5.41) is 7.69. The van der Waals surface area contributed by atoms with Crippen molar-refractivity contribution in [2.24, 2.45) is 0 Å². The minimum atomic E-state index is 0.923. The van der Waals surface area contributed by atoms with Gasteiger partial charge in [-0.1, -0.05) is 0 Å². The molecule has 2 rings (SSSR count). The summed E-state index contributed by atoms with van der Waals surface area (Å²) in [6.07, 6.45) is 0. The molecule has 74 valence electrons. The normalized spacial score (nSPS) is 10.6. The molecule has 14 heavy (non-hydrogen) atoms. The lowest BCUT2D eigenvalue weighted by molar-refractivity contribution is 0.699. The number of aromatic nitrogens is 1. The zero-order valence-electron chi connectivity index (χ0n) is 7.99. The molecule has 2 aromatic heterocycles. The van der Waals surface area contributed by atoms with Crippen LogP contribution in [0, 0.1) is 6.92 Å². The standard InChI is InChI=1S/C10H12N2S2/c1-8-10(14-7-12-8)5-11-4-9-2-3-13-6-9/h2-3,6-7,11H,4-5H2,1H3. The lowest BCUT2D eigenvalue weighted by Crippen LogP contribution is -2.11. The number of nitrogens with one attached hydrogen (secondary N) is 1. The number of thiophene rings is 1. The van der Waals surface area contributed by atoms with Crippen LogP contribution >= 0.6 is 22.7 Å². The van der Waals surface area contributed by atoms with Gasteiger partial charge in [-0.3, -0.25) is 0 Å². The first-order valence-corrected chi connectivity index (χ1v) is 6.29. The summed E-state index contributed by atoms with van der Waals surface area (Å²) < 4.78 is 0. The molecule has 4 heteroatoms. The van der Waals surface area contributed by atoms with E-state index in [1.807, 2.05) is 5.51 Å². The van der Waals surface area contributed by atoms with Gasteiger partial charge in [-0.15, -0.1) is 11.3 Å². The molecule has 0 atom stereocenters. The third kappa shape index (κ3) is 2.41. The first kappa shape index (κ1) is 9.83. The van der Waals surface area contributed by atoms with E-state index in [2.05, 4.69) is 34.1 Å². The van der Waals surface area contributed by atoms with E-state index in [0.717, 1.165) is 18.8 Å². The van der Waals surface area contributed by atoms with E-state index in [4.69, 9.17) is 0 Å².